The average Bonchev–Trinajstić information content (AvgIpc) is 2.35. The van der Waals surface area contributed by atoms with Crippen LogP contribution in [0.15, 0.2) is 36.9 Å². The summed E-state index contributed by atoms with van der Waals surface area (Å²) in [6, 6.07) is 9.96. The van der Waals surface area contributed by atoms with Crippen molar-refractivity contribution in [1.82, 2.24) is 4.90 Å². The van der Waals surface area contributed by atoms with Gasteiger partial charge >= 0.3 is 0 Å². The Morgan fingerprint density at radius 2 is 1.76 bits per heavy atom. The fourth-order valence-corrected chi connectivity index (χ4v) is 2.23. The van der Waals surface area contributed by atoms with Gasteiger partial charge in [0.1, 0.15) is 0 Å². The van der Waals surface area contributed by atoms with Gasteiger partial charge < -0.3 is 4.90 Å². The van der Waals surface area contributed by atoms with Crippen molar-refractivity contribution in [1.29, 1.82) is 0 Å². The molecule has 0 atom stereocenters. The van der Waals surface area contributed by atoms with Gasteiger partial charge in [0.25, 0.3) is 0 Å². The highest BCUT2D eigenvalue weighted by molar-refractivity contribution is 5.86. The first kappa shape index (κ1) is 11.9. The van der Waals surface area contributed by atoms with Gasteiger partial charge in [-0.1, -0.05) is 49.8 Å². The minimum absolute atomic E-state index is 0.221. The topological polar surface area (TPSA) is 20.3 Å². The first-order valence-electron chi connectivity index (χ1n) is 6.34. The molecule has 0 bridgehead atoms. The van der Waals surface area contributed by atoms with Gasteiger partial charge in [0, 0.05) is 18.7 Å². The summed E-state index contributed by atoms with van der Waals surface area (Å²) in [5.41, 5.74) is 1.89. The molecular formula is C15H19NO. The molecule has 1 aromatic rings. The molecule has 2 heteroatoms. The summed E-state index contributed by atoms with van der Waals surface area (Å²) in [7, 11) is 0. The monoisotopic (exact) mass is 229 g/mol. The number of nitrogens with zero attached hydrogens (tertiary/aromatic N) is 1. The highest BCUT2D eigenvalue weighted by atomic mass is 16.2. The number of likely N-dealkylation sites (tertiary alicyclic amines) is 1. The molecule has 0 unspecified atom stereocenters. The van der Waals surface area contributed by atoms with Crippen LogP contribution in [0.25, 0.3) is 5.70 Å². The van der Waals surface area contributed by atoms with Gasteiger partial charge in [0.05, 0.1) is 0 Å². The van der Waals surface area contributed by atoms with Crippen molar-refractivity contribution in [3.05, 3.63) is 42.5 Å². The predicted molar refractivity (Wildman–Crippen MR) is 70.3 cm³/mol. The van der Waals surface area contributed by atoms with Crippen molar-refractivity contribution in [3.8, 4) is 0 Å². The summed E-state index contributed by atoms with van der Waals surface area (Å²) in [5, 5.41) is 0. The minimum atomic E-state index is 0.221. The SMILES string of the molecule is C=C(c1ccccc1)N1CCCCCCC1=O. The van der Waals surface area contributed by atoms with E-state index in [0.29, 0.717) is 6.42 Å². The van der Waals surface area contributed by atoms with E-state index in [1.807, 2.05) is 35.2 Å². The number of carbonyl (C=O) groups excluding carboxylic acids is 1. The summed E-state index contributed by atoms with van der Waals surface area (Å²) in [6.45, 7) is 4.89. The lowest BCUT2D eigenvalue weighted by Crippen LogP contribution is -2.31. The van der Waals surface area contributed by atoms with Gasteiger partial charge in [-0.2, -0.15) is 0 Å². The van der Waals surface area contributed by atoms with E-state index in [0.717, 1.165) is 30.6 Å². The molecule has 2 nitrogen and oxygen atoms in total. The standard InChI is InChI=1S/C15H19NO/c1-13(14-9-5-4-6-10-14)16-12-8-3-2-7-11-15(16)17/h4-6,9-10H,1-3,7-8,11-12H2. The average molecular weight is 229 g/mol. The van der Waals surface area contributed by atoms with Crippen LogP contribution >= 0.6 is 0 Å². The highest BCUT2D eigenvalue weighted by Gasteiger charge is 2.18. The molecule has 1 saturated heterocycles. The van der Waals surface area contributed by atoms with E-state index in [-0.39, 0.29) is 5.91 Å². The van der Waals surface area contributed by atoms with Crippen LogP contribution in [-0.2, 0) is 4.79 Å². The fraction of sp³-hybridized carbons (Fsp3) is 0.400. The van der Waals surface area contributed by atoms with Crippen LogP contribution in [-0.4, -0.2) is 17.4 Å². The van der Waals surface area contributed by atoms with Crippen LogP contribution in [0.5, 0.6) is 0 Å². The van der Waals surface area contributed by atoms with Crippen LogP contribution < -0.4 is 0 Å². The number of carbonyl (C=O) groups is 1. The zero-order chi connectivity index (χ0) is 12.1. The first-order chi connectivity index (χ1) is 8.29. The molecule has 0 aliphatic carbocycles. The zero-order valence-electron chi connectivity index (χ0n) is 10.2. The third kappa shape index (κ3) is 2.96. The first-order valence-corrected chi connectivity index (χ1v) is 6.34. The van der Waals surface area contributed by atoms with Crippen LogP contribution in [0.2, 0.25) is 0 Å². The largest absolute Gasteiger partial charge is 0.312 e. The molecule has 1 aliphatic heterocycles. The van der Waals surface area contributed by atoms with E-state index in [4.69, 9.17) is 0 Å². The molecule has 0 N–H and O–H groups in total. The van der Waals surface area contributed by atoms with Gasteiger partial charge in [0.2, 0.25) is 5.91 Å². The quantitative estimate of drug-likeness (QED) is 0.760. The van der Waals surface area contributed by atoms with Crippen molar-refractivity contribution >= 4 is 11.6 Å². The Bertz CT molecular complexity index is 397. The molecule has 1 heterocycles. The van der Waals surface area contributed by atoms with Crippen LogP contribution in [0.3, 0.4) is 0 Å². The van der Waals surface area contributed by atoms with E-state index in [1.165, 1.54) is 12.8 Å². The summed E-state index contributed by atoms with van der Waals surface area (Å²) in [4.78, 5) is 13.9. The van der Waals surface area contributed by atoms with Crippen molar-refractivity contribution in [2.45, 2.75) is 32.1 Å². The Morgan fingerprint density at radius 3 is 2.53 bits per heavy atom. The molecule has 2 rings (SSSR count). The molecule has 1 fully saturated rings. The minimum Gasteiger partial charge on any atom is -0.312 e. The summed E-state index contributed by atoms with van der Waals surface area (Å²) >= 11 is 0. The maximum atomic E-state index is 12.0. The fourth-order valence-electron chi connectivity index (χ4n) is 2.23. The molecule has 1 aromatic carbocycles. The van der Waals surface area contributed by atoms with E-state index < -0.39 is 0 Å². The van der Waals surface area contributed by atoms with Gasteiger partial charge in [-0.05, 0) is 18.4 Å². The van der Waals surface area contributed by atoms with Crippen molar-refractivity contribution in [2.24, 2.45) is 0 Å². The maximum Gasteiger partial charge on any atom is 0.226 e. The van der Waals surface area contributed by atoms with E-state index >= 15 is 0 Å². The summed E-state index contributed by atoms with van der Waals surface area (Å²) in [5.74, 6) is 0.221. The zero-order valence-corrected chi connectivity index (χ0v) is 10.2. The van der Waals surface area contributed by atoms with Gasteiger partial charge in [-0.15, -0.1) is 0 Å². The van der Waals surface area contributed by atoms with E-state index in [1.54, 1.807) is 0 Å². The Labute approximate surface area is 103 Å². The molecule has 0 spiro atoms. The van der Waals surface area contributed by atoms with E-state index in [2.05, 4.69) is 6.58 Å². The lowest BCUT2D eigenvalue weighted by Gasteiger charge is -2.26. The number of hydrogen-bond acceptors (Lipinski definition) is 1. The summed E-state index contributed by atoms with van der Waals surface area (Å²) < 4.78 is 0. The Kier molecular flexibility index (Phi) is 3.97. The lowest BCUT2D eigenvalue weighted by atomic mass is 10.1. The van der Waals surface area contributed by atoms with Crippen molar-refractivity contribution < 1.29 is 4.79 Å². The molecular weight excluding hydrogens is 210 g/mol. The molecule has 1 amide bonds. The molecule has 17 heavy (non-hydrogen) atoms. The van der Waals surface area contributed by atoms with Crippen LogP contribution in [0, 0.1) is 0 Å². The predicted octanol–water partition coefficient (Wildman–Crippen LogP) is 3.45. The number of benzene rings is 1. The number of amides is 1. The second-order valence-corrected chi connectivity index (χ2v) is 4.52. The molecule has 0 saturated carbocycles. The Morgan fingerprint density at radius 1 is 1.06 bits per heavy atom. The summed E-state index contributed by atoms with van der Waals surface area (Å²) in [6.07, 6.45) is 5.14. The highest BCUT2D eigenvalue weighted by Crippen LogP contribution is 2.21. The number of rotatable bonds is 2. The van der Waals surface area contributed by atoms with Crippen molar-refractivity contribution in [2.75, 3.05) is 6.54 Å². The van der Waals surface area contributed by atoms with Crippen LogP contribution in [0.1, 0.15) is 37.7 Å². The third-order valence-electron chi connectivity index (χ3n) is 3.26. The lowest BCUT2D eigenvalue weighted by molar-refractivity contribution is -0.128. The van der Waals surface area contributed by atoms with Gasteiger partial charge in [-0.3, -0.25) is 4.79 Å². The third-order valence-corrected chi connectivity index (χ3v) is 3.26. The normalized spacial score (nSPS) is 17.4. The van der Waals surface area contributed by atoms with Gasteiger partial charge in [-0.25, -0.2) is 0 Å². The second kappa shape index (κ2) is 5.67. The smallest absolute Gasteiger partial charge is 0.226 e. The molecule has 0 aromatic heterocycles. The molecule has 90 valence electrons. The molecule has 0 radical (unpaired) electrons. The maximum absolute atomic E-state index is 12.0. The number of hydrogen-bond donors (Lipinski definition) is 0. The Hall–Kier alpha value is -1.57. The molecule has 1 aliphatic rings. The van der Waals surface area contributed by atoms with Crippen LogP contribution in [0.4, 0.5) is 0 Å². The van der Waals surface area contributed by atoms with E-state index in [9.17, 15) is 4.79 Å². The van der Waals surface area contributed by atoms with Gasteiger partial charge in [0.15, 0.2) is 0 Å². The Balaban J connectivity index is 2.13. The second-order valence-electron chi connectivity index (χ2n) is 4.52. The van der Waals surface area contributed by atoms with Crippen molar-refractivity contribution in [3.63, 3.8) is 0 Å².